The molecule has 8 heteroatoms. The number of nitrogens with one attached hydrogen (secondary N) is 2. The van der Waals surface area contributed by atoms with Gasteiger partial charge in [-0.1, -0.05) is 29.8 Å². The lowest BCUT2D eigenvalue weighted by Gasteiger charge is -2.00. The monoisotopic (exact) mass is 398 g/mol. The fraction of sp³-hybridized carbons (Fsp3) is 0.263. The second-order valence-electron chi connectivity index (χ2n) is 6.54. The molecule has 2 aromatic heterocycles. The van der Waals surface area contributed by atoms with Crippen LogP contribution in [0, 0.1) is 12.8 Å². The highest BCUT2D eigenvalue weighted by molar-refractivity contribution is 7.14. The Morgan fingerprint density at radius 1 is 1.04 bits per heavy atom. The molecule has 27 heavy (non-hydrogen) atoms. The van der Waals surface area contributed by atoms with E-state index in [-0.39, 0.29) is 24.2 Å². The van der Waals surface area contributed by atoms with Crippen LogP contribution in [0.15, 0.2) is 35.0 Å². The van der Waals surface area contributed by atoms with Crippen molar-refractivity contribution in [1.29, 1.82) is 0 Å². The Morgan fingerprint density at radius 3 is 2.48 bits per heavy atom. The highest BCUT2D eigenvalue weighted by Gasteiger charge is 2.30. The number of carbonyl (C=O) groups excluding carboxylic acids is 2. The summed E-state index contributed by atoms with van der Waals surface area (Å²) in [5.74, 6) is -0.0229. The number of amides is 2. The predicted octanol–water partition coefficient (Wildman–Crippen LogP) is 4.10. The maximum atomic E-state index is 12.3. The van der Waals surface area contributed by atoms with Gasteiger partial charge in [0.2, 0.25) is 11.8 Å². The average Bonchev–Trinajstić information content (AvgIpc) is 3.26. The minimum absolute atomic E-state index is 0.0202. The van der Waals surface area contributed by atoms with Crippen molar-refractivity contribution in [3.8, 4) is 11.3 Å². The van der Waals surface area contributed by atoms with E-state index in [9.17, 15) is 9.59 Å². The Kier molecular flexibility index (Phi) is 5.00. The number of rotatable bonds is 6. The molecule has 1 aliphatic carbocycles. The minimum atomic E-state index is -0.176. The first-order chi connectivity index (χ1) is 13.1. The summed E-state index contributed by atoms with van der Waals surface area (Å²) in [6, 6.07) is 8.11. The quantitative estimate of drug-likeness (QED) is 0.655. The van der Waals surface area contributed by atoms with Gasteiger partial charge in [0.25, 0.3) is 0 Å². The first-order valence-electron chi connectivity index (χ1n) is 8.64. The Bertz CT molecular complexity index is 974. The smallest absolute Gasteiger partial charge is 0.232 e. The van der Waals surface area contributed by atoms with Crippen molar-refractivity contribution in [3.63, 3.8) is 0 Å². The van der Waals surface area contributed by atoms with Crippen molar-refractivity contribution in [2.75, 3.05) is 10.6 Å². The molecule has 0 unspecified atom stereocenters. The number of thiazole rings is 2. The van der Waals surface area contributed by atoms with Crippen molar-refractivity contribution >= 4 is 44.8 Å². The molecule has 0 aliphatic heterocycles. The second-order valence-corrected chi connectivity index (χ2v) is 8.25. The molecule has 0 radical (unpaired) electrons. The zero-order valence-electron chi connectivity index (χ0n) is 14.7. The van der Waals surface area contributed by atoms with E-state index in [4.69, 9.17) is 0 Å². The van der Waals surface area contributed by atoms with Crippen LogP contribution in [0.4, 0.5) is 10.3 Å². The van der Waals surface area contributed by atoms with E-state index in [1.54, 1.807) is 5.38 Å². The molecule has 2 N–H and O–H groups in total. The molecule has 2 amide bonds. The van der Waals surface area contributed by atoms with Gasteiger partial charge in [-0.15, -0.1) is 22.7 Å². The van der Waals surface area contributed by atoms with Gasteiger partial charge in [0.05, 0.1) is 17.8 Å². The third-order valence-electron chi connectivity index (χ3n) is 4.17. The zero-order chi connectivity index (χ0) is 18.8. The number of aromatic nitrogens is 2. The van der Waals surface area contributed by atoms with Gasteiger partial charge in [-0.3, -0.25) is 9.59 Å². The van der Waals surface area contributed by atoms with Crippen molar-refractivity contribution in [3.05, 3.63) is 46.3 Å². The van der Waals surface area contributed by atoms with Crippen LogP contribution in [0.3, 0.4) is 0 Å². The molecule has 138 valence electrons. The molecule has 2 heterocycles. The van der Waals surface area contributed by atoms with Crippen LogP contribution in [-0.2, 0) is 16.0 Å². The molecule has 4 rings (SSSR count). The fourth-order valence-electron chi connectivity index (χ4n) is 2.51. The van der Waals surface area contributed by atoms with Gasteiger partial charge in [-0.2, -0.15) is 0 Å². The lowest BCUT2D eigenvalue weighted by atomic mass is 10.1. The molecular weight excluding hydrogens is 380 g/mol. The Balaban J connectivity index is 1.33. The highest BCUT2D eigenvalue weighted by Crippen LogP contribution is 2.30. The molecule has 1 aliphatic rings. The minimum Gasteiger partial charge on any atom is -0.302 e. The van der Waals surface area contributed by atoms with Gasteiger partial charge < -0.3 is 10.6 Å². The summed E-state index contributed by atoms with van der Waals surface area (Å²) in [5, 5.41) is 10.4. The molecule has 6 nitrogen and oxygen atoms in total. The van der Waals surface area contributed by atoms with Gasteiger partial charge in [0.1, 0.15) is 0 Å². The Morgan fingerprint density at radius 2 is 1.74 bits per heavy atom. The Labute approximate surface area is 164 Å². The van der Waals surface area contributed by atoms with Crippen molar-refractivity contribution in [1.82, 2.24) is 9.97 Å². The van der Waals surface area contributed by atoms with Gasteiger partial charge in [-0.25, -0.2) is 9.97 Å². The number of carbonyl (C=O) groups is 2. The van der Waals surface area contributed by atoms with Gasteiger partial charge in [-0.05, 0) is 19.8 Å². The summed E-state index contributed by atoms with van der Waals surface area (Å²) in [6.45, 7) is 2.04. The van der Waals surface area contributed by atoms with Crippen LogP contribution in [0.2, 0.25) is 0 Å². The number of nitrogens with zero attached hydrogens (tertiary/aromatic N) is 2. The summed E-state index contributed by atoms with van der Waals surface area (Å²) in [7, 11) is 0. The summed E-state index contributed by atoms with van der Waals surface area (Å²) in [5.41, 5.74) is 3.69. The number of aryl methyl sites for hydroxylation is 1. The number of hydrogen-bond donors (Lipinski definition) is 2. The van der Waals surface area contributed by atoms with Crippen LogP contribution >= 0.6 is 22.7 Å². The SMILES string of the molecule is Cc1ccc(-c2csc(NC(=O)Cc3csc(NC(=O)C4CC4)n3)n2)cc1. The molecule has 1 fully saturated rings. The van der Waals surface area contributed by atoms with Crippen molar-refractivity contribution in [2.45, 2.75) is 26.2 Å². The van der Waals surface area contributed by atoms with Crippen LogP contribution in [0.25, 0.3) is 11.3 Å². The first-order valence-corrected chi connectivity index (χ1v) is 10.4. The molecule has 0 saturated heterocycles. The summed E-state index contributed by atoms with van der Waals surface area (Å²) in [6.07, 6.45) is 2.05. The lowest BCUT2D eigenvalue weighted by molar-refractivity contribution is -0.117. The average molecular weight is 399 g/mol. The Hall–Kier alpha value is -2.58. The lowest BCUT2D eigenvalue weighted by Crippen LogP contribution is -2.15. The maximum Gasteiger partial charge on any atom is 0.232 e. The van der Waals surface area contributed by atoms with E-state index in [1.807, 2.05) is 36.6 Å². The number of benzene rings is 1. The highest BCUT2D eigenvalue weighted by atomic mass is 32.1. The number of hydrogen-bond acceptors (Lipinski definition) is 6. The van der Waals surface area contributed by atoms with Gasteiger partial charge >= 0.3 is 0 Å². The van der Waals surface area contributed by atoms with E-state index in [0.29, 0.717) is 16.0 Å². The van der Waals surface area contributed by atoms with Crippen LogP contribution in [0.5, 0.6) is 0 Å². The van der Waals surface area contributed by atoms with Crippen LogP contribution in [-0.4, -0.2) is 21.8 Å². The van der Waals surface area contributed by atoms with Crippen LogP contribution < -0.4 is 10.6 Å². The van der Waals surface area contributed by atoms with E-state index >= 15 is 0 Å². The predicted molar refractivity (Wildman–Crippen MR) is 108 cm³/mol. The fourth-order valence-corrected chi connectivity index (χ4v) is 3.96. The summed E-state index contributed by atoms with van der Waals surface area (Å²) < 4.78 is 0. The second kappa shape index (κ2) is 7.58. The first kappa shape index (κ1) is 17.8. The van der Waals surface area contributed by atoms with E-state index < -0.39 is 0 Å². The maximum absolute atomic E-state index is 12.3. The zero-order valence-corrected chi connectivity index (χ0v) is 16.3. The third-order valence-corrected chi connectivity index (χ3v) is 5.73. The van der Waals surface area contributed by atoms with Crippen molar-refractivity contribution in [2.24, 2.45) is 5.92 Å². The number of anilines is 2. The van der Waals surface area contributed by atoms with Crippen molar-refractivity contribution < 1.29 is 9.59 Å². The molecule has 3 aromatic rings. The standard InChI is InChI=1S/C19H18N4O2S2/c1-11-2-4-12(5-3-11)15-10-27-19(21-15)22-16(24)8-14-9-26-18(20-14)23-17(25)13-6-7-13/h2-5,9-10,13H,6-8H2,1H3,(H,20,23,25)(H,21,22,24). The van der Waals surface area contributed by atoms with Crippen LogP contribution in [0.1, 0.15) is 24.1 Å². The molecule has 1 saturated carbocycles. The largest absolute Gasteiger partial charge is 0.302 e. The molecule has 0 bridgehead atoms. The van der Waals surface area contributed by atoms with E-state index in [2.05, 4.69) is 20.6 Å². The molecule has 1 aromatic carbocycles. The summed E-state index contributed by atoms with van der Waals surface area (Å²) in [4.78, 5) is 32.8. The normalized spacial score (nSPS) is 13.4. The summed E-state index contributed by atoms with van der Waals surface area (Å²) >= 11 is 2.73. The molecule has 0 atom stereocenters. The topological polar surface area (TPSA) is 84.0 Å². The molecule has 0 spiro atoms. The van der Waals surface area contributed by atoms with Gasteiger partial charge in [0.15, 0.2) is 10.3 Å². The third kappa shape index (κ3) is 4.58. The van der Waals surface area contributed by atoms with E-state index in [0.717, 1.165) is 24.1 Å². The molecular formula is C19H18N4O2S2. The van der Waals surface area contributed by atoms with E-state index in [1.165, 1.54) is 28.2 Å². The van der Waals surface area contributed by atoms with Gasteiger partial charge in [0, 0.05) is 22.2 Å².